The summed E-state index contributed by atoms with van der Waals surface area (Å²) < 4.78 is 0. The molecule has 98 valence electrons. The Bertz CT molecular complexity index is 615. The van der Waals surface area contributed by atoms with Crippen molar-refractivity contribution in [3.63, 3.8) is 0 Å². The van der Waals surface area contributed by atoms with Crippen molar-refractivity contribution in [3.05, 3.63) is 42.0 Å². The van der Waals surface area contributed by atoms with Gasteiger partial charge < -0.3 is 10.0 Å². The largest absolute Gasteiger partial charge is 0.506 e. The lowest BCUT2D eigenvalue weighted by Gasteiger charge is -2.27. The minimum atomic E-state index is -0.0528. The second-order valence-corrected chi connectivity index (χ2v) is 5.04. The molecule has 19 heavy (non-hydrogen) atoms. The maximum atomic E-state index is 12.4. The van der Waals surface area contributed by atoms with E-state index in [4.69, 9.17) is 0 Å². The molecule has 1 saturated heterocycles. The molecule has 2 aromatic rings. The normalized spacial score (nSPS) is 15.7. The van der Waals surface area contributed by atoms with Crippen molar-refractivity contribution in [2.45, 2.75) is 19.3 Å². The number of phenolic OH excluding ortho intramolecular Hbond substituents is 1. The predicted octanol–water partition coefficient (Wildman–Crippen LogP) is 3.17. The van der Waals surface area contributed by atoms with Gasteiger partial charge in [-0.3, -0.25) is 4.79 Å². The van der Waals surface area contributed by atoms with Crippen LogP contribution in [-0.2, 0) is 0 Å². The van der Waals surface area contributed by atoms with Crippen molar-refractivity contribution in [2.24, 2.45) is 0 Å². The molecule has 1 aliphatic heterocycles. The Hall–Kier alpha value is -2.03. The fourth-order valence-corrected chi connectivity index (χ4v) is 2.70. The number of piperidine rings is 1. The number of carbonyl (C=O) groups excluding carboxylic acids is 1. The second kappa shape index (κ2) is 4.92. The summed E-state index contributed by atoms with van der Waals surface area (Å²) in [6, 6.07) is 11.2. The van der Waals surface area contributed by atoms with E-state index in [9.17, 15) is 9.90 Å². The lowest BCUT2D eigenvalue weighted by atomic mass is 10.0. The number of amides is 1. The van der Waals surface area contributed by atoms with Gasteiger partial charge in [0.25, 0.3) is 5.91 Å². The first-order valence-corrected chi connectivity index (χ1v) is 6.77. The van der Waals surface area contributed by atoms with Crippen molar-refractivity contribution in [1.82, 2.24) is 4.90 Å². The minimum absolute atomic E-state index is 0.0528. The van der Waals surface area contributed by atoms with E-state index in [2.05, 4.69) is 0 Å². The summed E-state index contributed by atoms with van der Waals surface area (Å²) in [5.74, 6) is 0.0524. The molecule has 3 heteroatoms. The van der Waals surface area contributed by atoms with E-state index in [0.717, 1.165) is 36.7 Å². The molecule has 1 heterocycles. The van der Waals surface area contributed by atoms with E-state index in [0.29, 0.717) is 5.56 Å². The van der Waals surface area contributed by atoms with Crippen LogP contribution in [0.5, 0.6) is 5.75 Å². The Balaban J connectivity index is 2.00. The zero-order valence-corrected chi connectivity index (χ0v) is 10.8. The van der Waals surface area contributed by atoms with E-state index < -0.39 is 0 Å². The van der Waals surface area contributed by atoms with Gasteiger partial charge in [-0.2, -0.15) is 0 Å². The van der Waals surface area contributed by atoms with Crippen LogP contribution >= 0.6 is 0 Å². The number of phenols is 1. The molecule has 0 unspecified atom stereocenters. The number of benzene rings is 2. The van der Waals surface area contributed by atoms with Gasteiger partial charge in [0.1, 0.15) is 5.75 Å². The molecule has 0 spiro atoms. The molecular formula is C16H17NO2. The molecule has 3 rings (SSSR count). The maximum Gasteiger partial charge on any atom is 0.257 e. The number of aromatic hydroxyl groups is 1. The Morgan fingerprint density at radius 1 is 1.00 bits per heavy atom. The van der Waals surface area contributed by atoms with Gasteiger partial charge in [-0.05, 0) is 30.7 Å². The predicted molar refractivity (Wildman–Crippen MR) is 75.4 cm³/mol. The SMILES string of the molecule is O=C(c1ccc2ccccc2c1O)N1CCCCC1. The second-order valence-electron chi connectivity index (χ2n) is 5.04. The standard InChI is InChI=1S/C16H17NO2/c18-15-13-7-3-2-6-12(13)8-9-14(15)16(19)17-10-4-1-5-11-17/h2-3,6-9,18H,1,4-5,10-11H2. The molecule has 1 aliphatic rings. The molecule has 0 bridgehead atoms. The first-order chi connectivity index (χ1) is 9.27. The lowest BCUT2D eigenvalue weighted by molar-refractivity contribution is 0.0721. The number of hydrogen-bond donors (Lipinski definition) is 1. The average molecular weight is 255 g/mol. The van der Waals surface area contributed by atoms with Gasteiger partial charge in [0.05, 0.1) is 5.56 Å². The summed E-state index contributed by atoms with van der Waals surface area (Å²) in [5.41, 5.74) is 0.417. The molecule has 1 fully saturated rings. The number of nitrogens with zero attached hydrogens (tertiary/aromatic N) is 1. The van der Waals surface area contributed by atoms with Crippen molar-refractivity contribution in [1.29, 1.82) is 0 Å². The van der Waals surface area contributed by atoms with Crippen LogP contribution in [0.4, 0.5) is 0 Å². The third-order valence-corrected chi connectivity index (χ3v) is 3.77. The summed E-state index contributed by atoms with van der Waals surface area (Å²) in [6.45, 7) is 1.59. The highest BCUT2D eigenvalue weighted by Crippen LogP contribution is 2.29. The highest BCUT2D eigenvalue weighted by molar-refractivity contribution is 6.03. The van der Waals surface area contributed by atoms with Crippen LogP contribution in [0.3, 0.4) is 0 Å². The fraction of sp³-hybridized carbons (Fsp3) is 0.312. The van der Waals surface area contributed by atoms with Crippen LogP contribution in [0.15, 0.2) is 36.4 Å². The molecule has 0 aliphatic carbocycles. The van der Waals surface area contributed by atoms with E-state index in [1.165, 1.54) is 6.42 Å². The highest BCUT2D eigenvalue weighted by Gasteiger charge is 2.21. The Morgan fingerprint density at radius 3 is 2.53 bits per heavy atom. The monoisotopic (exact) mass is 255 g/mol. The Morgan fingerprint density at radius 2 is 1.74 bits per heavy atom. The number of fused-ring (bicyclic) bond motifs is 1. The van der Waals surface area contributed by atoms with E-state index in [-0.39, 0.29) is 11.7 Å². The smallest absolute Gasteiger partial charge is 0.257 e. The number of rotatable bonds is 1. The molecular weight excluding hydrogens is 238 g/mol. The van der Waals surface area contributed by atoms with Gasteiger partial charge in [-0.25, -0.2) is 0 Å². The van der Waals surface area contributed by atoms with E-state index in [1.807, 2.05) is 35.2 Å². The van der Waals surface area contributed by atoms with Gasteiger partial charge in [0.2, 0.25) is 0 Å². The summed E-state index contributed by atoms with van der Waals surface area (Å²) in [4.78, 5) is 14.3. The van der Waals surface area contributed by atoms with E-state index in [1.54, 1.807) is 6.07 Å². The van der Waals surface area contributed by atoms with Crippen LogP contribution < -0.4 is 0 Å². The Labute approximate surface area is 112 Å². The average Bonchev–Trinajstić information content (AvgIpc) is 2.48. The lowest BCUT2D eigenvalue weighted by Crippen LogP contribution is -2.35. The summed E-state index contributed by atoms with van der Waals surface area (Å²) in [7, 11) is 0. The van der Waals surface area contributed by atoms with Crippen LogP contribution in [-0.4, -0.2) is 29.0 Å². The van der Waals surface area contributed by atoms with Gasteiger partial charge in [-0.1, -0.05) is 30.3 Å². The van der Waals surface area contributed by atoms with Gasteiger partial charge in [-0.15, -0.1) is 0 Å². The zero-order valence-electron chi connectivity index (χ0n) is 10.8. The quantitative estimate of drug-likeness (QED) is 0.850. The molecule has 1 amide bonds. The molecule has 0 aromatic heterocycles. The summed E-state index contributed by atoms with van der Waals surface area (Å²) >= 11 is 0. The van der Waals surface area contributed by atoms with Crippen molar-refractivity contribution < 1.29 is 9.90 Å². The van der Waals surface area contributed by atoms with Crippen LogP contribution in [0.25, 0.3) is 10.8 Å². The number of likely N-dealkylation sites (tertiary alicyclic amines) is 1. The minimum Gasteiger partial charge on any atom is -0.506 e. The molecule has 2 aromatic carbocycles. The van der Waals surface area contributed by atoms with Crippen LogP contribution in [0.1, 0.15) is 29.6 Å². The topological polar surface area (TPSA) is 40.5 Å². The molecule has 0 radical (unpaired) electrons. The molecule has 0 atom stereocenters. The summed E-state index contributed by atoms with van der Waals surface area (Å²) in [6.07, 6.45) is 3.30. The van der Waals surface area contributed by atoms with Crippen molar-refractivity contribution >= 4 is 16.7 Å². The van der Waals surface area contributed by atoms with Crippen molar-refractivity contribution in [3.8, 4) is 5.75 Å². The third-order valence-electron chi connectivity index (χ3n) is 3.77. The summed E-state index contributed by atoms with van der Waals surface area (Å²) in [5, 5.41) is 12.0. The van der Waals surface area contributed by atoms with Crippen LogP contribution in [0.2, 0.25) is 0 Å². The van der Waals surface area contributed by atoms with Gasteiger partial charge >= 0.3 is 0 Å². The first-order valence-electron chi connectivity index (χ1n) is 6.77. The van der Waals surface area contributed by atoms with E-state index >= 15 is 0 Å². The fourth-order valence-electron chi connectivity index (χ4n) is 2.70. The molecule has 1 N–H and O–H groups in total. The Kier molecular flexibility index (Phi) is 3.11. The number of hydrogen-bond acceptors (Lipinski definition) is 2. The van der Waals surface area contributed by atoms with Gasteiger partial charge in [0, 0.05) is 18.5 Å². The first kappa shape index (κ1) is 12.0. The highest BCUT2D eigenvalue weighted by atomic mass is 16.3. The molecule has 0 saturated carbocycles. The number of carbonyl (C=O) groups is 1. The van der Waals surface area contributed by atoms with Crippen LogP contribution in [0, 0.1) is 0 Å². The third kappa shape index (κ3) is 2.16. The van der Waals surface area contributed by atoms with Gasteiger partial charge in [0.15, 0.2) is 0 Å². The van der Waals surface area contributed by atoms with Crippen molar-refractivity contribution in [2.75, 3.05) is 13.1 Å². The molecule has 3 nitrogen and oxygen atoms in total. The maximum absolute atomic E-state index is 12.4. The zero-order chi connectivity index (χ0) is 13.2.